The molecular formula is C15H25NO2. The highest BCUT2D eigenvalue weighted by atomic mass is 16.5. The standard InChI is InChI=1S/C15H25NO2/c1-12(2)11-18-10-9-16-13(3)14-7-5-6-8-15(14)17-4/h5-8,12-13,16H,9-11H2,1-4H3. The van der Waals surface area contributed by atoms with Gasteiger partial charge >= 0.3 is 0 Å². The van der Waals surface area contributed by atoms with E-state index in [-0.39, 0.29) is 6.04 Å². The fourth-order valence-corrected chi connectivity index (χ4v) is 1.80. The second-order valence-electron chi connectivity index (χ2n) is 4.89. The Bertz CT molecular complexity index is 339. The fourth-order valence-electron chi connectivity index (χ4n) is 1.80. The normalized spacial score (nSPS) is 12.7. The van der Waals surface area contributed by atoms with Gasteiger partial charge in [-0.3, -0.25) is 0 Å². The highest BCUT2D eigenvalue weighted by Gasteiger charge is 2.09. The zero-order valence-electron chi connectivity index (χ0n) is 11.9. The summed E-state index contributed by atoms with van der Waals surface area (Å²) in [7, 11) is 1.71. The molecule has 1 atom stereocenters. The molecule has 18 heavy (non-hydrogen) atoms. The molecule has 0 bridgehead atoms. The molecule has 0 heterocycles. The maximum absolute atomic E-state index is 5.54. The van der Waals surface area contributed by atoms with Gasteiger partial charge in [0.15, 0.2) is 0 Å². The Labute approximate surface area is 110 Å². The van der Waals surface area contributed by atoms with Crippen LogP contribution in [0.15, 0.2) is 24.3 Å². The molecule has 0 saturated carbocycles. The lowest BCUT2D eigenvalue weighted by molar-refractivity contribution is 0.110. The number of rotatable bonds is 8. The SMILES string of the molecule is COc1ccccc1C(C)NCCOCC(C)C. The van der Waals surface area contributed by atoms with Crippen LogP contribution in [0.3, 0.4) is 0 Å². The molecule has 102 valence electrons. The number of nitrogens with one attached hydrogen (secondary N) is 1. The molecule has 1 unspecified atom stereocenters. The summed E-state index contributed by atoms with van der Waals surface area (Å²) in [5, 5.41) is 3.44. The van der Waals surface area contributed by atoms with Crippen molar-refractivity contribution in [3.05, 3.63) is 29.8 Å². The number of ether oxygens (including phenoxy) is 2. The van der Waals surface area contributed by atoms with Crippen molar-refractivity contribution in [2.75, 3.05) is 26.9 Å². The molecule has 0 aromatic heterocycles. The van der Waals surface area contributed by atoms with Crippen LogP contribution >= 0.6 is 0 Å². The molecule has 0 amide bonds. The first kappa shape index (κ1) is 15.0. The van der Waals surface area contributed by atoms with Gasteiger partial charge in [-0.2, -0.15) is 0 Å². The zero-order chi connectivity index (χ0) is 13.4. The van der Waals surface area contributed by atoms with Gasteiger partial charge in [-0.1, -0.05) is 32.0 Å². The van der Waals surface area contributed by atoms with Crippen molar-refractivity contribution < 1.29 is 9.47 Å². The topological polar surface area (TPSA) is 30.5 Å². The Balaban J connectivity index is 2.34. The van der Waals surface area contributed by atoms with Crippen molar-refractivity contribution in [3.8, 4) is 5.75 Å². The summed E-state index contributed by atoms with van der Waals surface area (Å²) in [6, 6.07) is 8.36. The van der Waals surface area contributed by atoms with Crippen LogP contribution < -0.4 is 10.1 Å². The molecule has 1 aromatic rings. The molecular weight excluding hydrogens is 226 g/mol. The number of benzene rings is 1. The van der Waals surface area contributed by atoms with E-state index in [1.54, 1.807) is 7.11 Å². The average Bonchev–Trinajstić information content (AvgIpc) is 2.37. The Kier molecular flexibility index (Phi) is 6.76. The fraction of sp³-hybridized carbons (Fsp3) is 0.600. The Morgan fingerprint density at radius 2 is 1.89 bits per heavy atom. The van der Waals surface area contributed by atoms with Crippen molar-refractivity contribution in [2.24, 2.45) is 5.92 Å². The first-order chi connectivity index (χ1) is 8.65. The number of hydrogen-bond donors (Lipinski definition) is 1. The van der Waals surface area contributed by atoms with Crippen LogP contribution in [0.1, 0.15) is 32.4 Å². The predicted molar refractivity (Wildman–Crippen MR) is 75.1 cm³/mol. The molecule has 0 radical (unpaired) electrons. The molecule has 0 aliphatic rings. The van der Waals surface area contributed by atoms with Crippen LogP contribution in [0.4, 0.5) is 0 Å². The van der Waals surface area contributed by atoms with E-state index < -0.39 is 0 Å². The summed E-state index contributed by atoms with van der Waals surface area (Å²) in [5.74, 6) is 1.53. The molecule has 1 N–H and O–H groups in total. The highest BCUT2D eigenvalue weighted by Crippen LogP contribution is 2.23. The number of para-hydroxylation sites is 1. The largest absolute Gasteiger partial charge is 0.496 e. The Hall–Kier alpha value is -1.06. The van der Waals surface area contributed by atoms with Gasteiger partial charge < -0.3 is 14.8 Å². The van der Waals surface area contributed by atoms with Gasteiger partial charge in [0.1, 0.15) is 5.75 Å². The lowest BCUT2D eigenvalue weighted by Crippen LogP contribution is -2.24. The van der Waals surface area contributed by atoms with Gasteiger partial charge in [0.25, 0.3) is 0 Å². The highest BCUT2D eigenvalue weighted by molar-refractivity contribution is 5.35. The average molecular weight is 251 g/mol. The molecule has 0 aliphatic carbocycles. The van der Waals surface area contributed by atoms with Crippen LogP contribution in [-0.2, 0) is 4.74 Å². The van der Waals surface area contributed by atoms with Crippen LogP contribution in [0, 0.1) is 5.92 Å². The summed E-state index contributed by atoms with van der Waals surface area (Å²) in [4.78, 5) is 0. The lowest BCUT2D eigenvalue weighted by atomic mass is 10.1. The van der Waals surface area contributed by atoms with E-state index in [4.69, 9.17) is 9.47 Å². The molecule has 0 aliphatic heterocycles. The van der Waals surface area contributed by atoms with Crippen LogP contribution in [0.25, 0.3) is 0 Å². The quantitative estimate of drug-likeness (QED) is 0.720. The van der Waals surface area contributed by atoms with E-state index >= 15 is 0 Å². The Morgan fingerprint density at radius 3 is 2.56 bits per heavy atom. The summed E-state index contributed by atoms with van der Waals surface area (Å²) in [6.45, 7) is 8.88. The van der Waals surface area contributed by atoms with Crippen LogP contribution in [0.2, 0.25) is 0 Å². The third kappa shape index (κ3) is 5.07. The van der Waals surface area contributed by atoms with Gasteiger partial charge in [0.2, 0.25) is 0 Å². The summed E-state index contributed by atoms with van der Waals surface area (Å²) >= 11 is 0. The van der Waals surface area contributed by atoms with E-state index in [1.807, 2.05) is 18.2 Å². The molecule has 0 spiro atoms. The first-order valence-corrected chi connectivity index (χ1v) is 6.59. The van der Waals surface area contributed by atoms with Crippen molar-refractivity contribution in [1.29, 1.82) is 0 Å². The van der Waals surface area contributed by atoms with Crippen molar-refractivity contribution in [3.63, 3.8) is 0 Å². The smallest absolute Gasteiger partial charge is 0.123 e. The van der Waals surface area contributed by atoms with Crippen molar-refractivity contribution >= 4 is 0 Å². The number of methoxy groups -OCH3 is 1. The molecule has 3 nitrogen and oxygen atoms in total. The van der Waals surface area contributed by atoms with Crippen molar-refractivity contribution in [1.82, 2.24) is 5.32 Å². The predicted octanol–water partition coefficient (Wildman–Crippen LogP) is 3.02. The first-order valence-electron chi connectivity index (χ1n) is 6.59. The van der Waals surface area contributed by atoms with E-state index in [2.05, 4.69) is 32.2 Å². The van der Waals surface area contributed by atoms with Gasteiger partial charge in [-0.15, -0.1) is 0 Å². The summed E-state index contributed by atoms with van der Waals surface area (Å²) in [6.07, 6.45) is 0. The van der Waals surface area contributed by atoms with Gasteiger partial charge in [0.05, 0.1) is 13.7 Å². The second-order valence-corrected chi connectivity index (χ2v) is 4.89. The maximum atomic E-state index is 5.54. The van der Waals surface area contributed by atoms with Gasteiger partial charge in [0, 0.05) is 24.8 Å². The van der Waals surface area contributed by atoms with E-state index in [1.165, 1.54) is 5.56 Å². The Morgan fingerprint density at radius 1 is 1.17 bits per heavy atom. The van der Waals surface area contributed by atoms with Gasteiger partial charge in [-0.05, 0) is 18.9 Å². The monoisotopic (exact) mass is 251 g/mol. The lowest BCUT2D eigenvalue weighted by Gasteiger charge is -2.17. The van der Waals surface area contributed by atoms with E-state index in [9.17, 15) is 0 Å². The third-order valence-corrected chi connectivity index (χ3v) is 2.75. The maximum Gasteiger partial charge on any atom is 0.123 e. The second kappa shape index (κ2) is 8.11. The minimum atomic E-state index is 0.267. The van der Waals surface area contributed by atoms with E-state index in [0.29, 0.717) is 5.92 Å². The summed E-state index contributed by atoms with van der Waals surface area (Å²) in [5.41, 5.74) is 1.18. The molecule has 0 fully saturated rings. The van der Waals surface area contributed by atoms with Crippen LogP contribution in [-0.4, -0.2) is 26.9 Å². The molecule has 0 saturated heterocycles. The zero-order valence-corrected chi connectivity index (χ0v) is 11.9. The minimum absolute atomic E-state index is 0.267. The molecule has 1 aromatic carbocycles. The van der Waals surface area contributed by atoms with Crippen LogP contribution in [0.5, 0.6) is 5.75 Å². The molecule has 1 rings (SSSR count). The number of hydrogen-bond acceptors (Lipinski definition) is 3. The van der Waals surface area contributed by atoms with Gasteiger partial charge in [-0.25, -0.2) is 0 Å². The van der Waals surface area contributed by atoms with Crippen molar-refractivity contribution in [2.45, 2.75) is 26.8 Å². The summed E-state index contributed by atoms with van der Waals surface area (Å²) < 4.78 is 10.9. The molecule has 3 heteroatoms. The van der Waals surface area contributed by atoms with E-state index in [0.717, 1.165) is 25.5 Å². The minimum Gasteiger partial charge on any atom is -0.496 e. The third-order valence-electron chi connectivity index (χ3n) is 2.75.